The van der Waals surface area contributed by atoms with Crippen molar-refractivity contribution in [3.63, 3.8) is 0 Å². The average Bonchev–Trinajstić information content (AvgIpc) is 2.36. The molecule has 3 nitrogen and oxygen atoms in total. The minimum atomic E-state index is -0.526. The van der Waals surface area contributed by atoms with Crippen LogP contribution < -0.4 is 5.32 Å². The minimum Gasteiger partial charge on any atom is -0.389 e. The molecule has 0 aromatic heterocycles. The van der Waals surface area contributed by atoms with Gasteiger partial charge in [0.25, 0.3) is 0 Å². The van der Waals surface area contributed by atoms with E-state index in [2.05, 4.69) is 19.2 Å². The number of hydrogen-bond donors (Lipinski definition) is 2. The molecule has 0 fully saturated rings. The van der Waals surface area contributed by atoms with E-state index in [1.54, 1.807) is 12.1 Å². The number of nitrogens with one attached hydrogen (secondary N) is 1. The van der Waals surface area contributed by atoms with Gasteiger partial charge in [-0.2, -0.15) is 0 Å². The number of rotatable bonds is 8. The number of hydrogen-bond acceptors (Lipinski definition) is 3. The summed E-state index contributed by atoms with van der Waals surface area (Å²) in [6.07, 6.45) is -0.526. The molecule has 2 atom stereocenters. The van der Waals surface area contributed by atoms with Crippen LogP contribution >= 0.6 is 0 Å². The topological polar surface area (TPSA) is 41.5 Å². The summed E-state index contributed by atoms with van der Waals surface area (Å²) >= 11 is 0. The van der Waals surface area contributed by atoms with E-state index >= 15 is 0 Å². The lowest BCUT2D eigenvalue weighted by Crippen LogP contribution is -2.32. The molecule has 0 spiro atoms. The van der Waals surface area contributed by atoms with Gasteiger partial charge >= 0.3 is 0 Å². The van der Waals surface area contributed by atoms with Crippen molar-refractivity contribution in [2.75, 3.05) is 19.8 Å². The predicted molar refractivity (Wildman–Crippen MR) is 74.5 cm³/mol. The molecule has 0 radical (unpaired) electrons. The Morgan fingerprint density at radius 2 is 1.79 bits per heavy atom. The van der Waals surface area contributed by atoms with Crippen molar-refractivity contribution in [1.29, 1.82) is 0 Å². The first-order chi connectivity index (χ1) is 8.99. The molecule has 0 aliphatic carbocycles. The molecule has 0 saturated heterocycles. The van der Waals surface area contributed by atoms with Crippen LogP contribution in [0.15, 0.2) is 24.3 Å². The van der Waals surface area contributed by atoms with Gasteiger partial charge in [-0.1, -0.05) is 26.0 Å². The summed E-state index contributed by atoms with van der Waals surface area (Å²) in [7, 11) is 0. The van der Waals surface area contributed by atoms with Crippen LogP contribution in [-0.4, -0.2) is 31.0 Å². The molecular weight excluding hydrogens is 245 g/mol. The van der Waals surface area contributed by atoms with Crippen molar-refractivity contribution in [2.24, 2.45) is 5.92 Å². The van der Waals surface area contributed by atoms with Crippen LogP contribution in [0, 0.1) is 11.7 Å². The predicted octanol–water partition coefficient (Wildman–Crippen LogP) is 2.51. The van der Waals surface area contributed by atoms with Crippen LogP contribution in [0.1, 0.15) is 32.4 Å². The quantitative estimate of drug-likeness (QED) is 0.762. The lowest BCUT2D eigenvalue weighted by molar-refractivity contribution is 0.0252. The zero-order chi connectivity index (χ0) is 14.3. The Morgan fingerprint density at radius 1 is 1.16 bits per heavy atom. The molecule has 108 valence electrons. The van der Waals surface area contributed by atoms with Gasteiger partial charge in [0.15, 0.2) is 0 Å². The third-order valence-corrected chi connectivity index (χ3v) is 2.79. The standard InChI is InChI=1S/C15H24FNO2/c1-11(2)9-19-10-15(18)8-17-12(3)13-4-6-14(16)7-5-13/h4-7,11-12,15,17-18H,8-10H2,1-3H3/t12-,15?/m1/s1. The van der Waals surface area contributed by atoms with Gasteiger partial charge in [0.1, 0.15) is 5.82 Å². The highest BCUT2D eigenvalue weighted by Gasteiger charge is 2.09. The maximum atomic E-state index is 12.8. The zero-order valence-corrected chi connectivity index (χ0v) is 11.9. The van der Waals surface area contributed by atoms with Crippen LogP contribution in [0.4, 0.5) is 4.39 Å². The molecule has 1 rings (SSSR count). The summed E-state index contributed by atoms with van der Waals surface area (Å²) in [5.41, 5.74) is 0.997. The van der Waals surface area contributed by atoms with Gasteiger partial charge in [-0.15, -0.1) is 0 Å². The fraction of sp³-hybridized carbons (Fsp3) is 0.600. The Hall–Kier alpha value is -0.970. The summed E-state index contributed by atoms with van der Waals surface area (Å²) in [5.74, 6) is 0.233. The van der Waals surface area contributed by atoms with Gasteiger partial charge in [0, 0.05) is 19.2 Å². The first-order valence-electron chi connectivity index (χ1n) is 6.73. The minimum absolute atomic E-state index is 0.0698. The SMILES string of the molecule is CC(C)COCC(O)CN[C@H](C)c1ccc(F)cc1. The molecule has 0 amide bonds. The van der Waals surface area contributed by atoms with Gasteiger partial charge in [-0.05, 0) is 30.5 Å². The number of benzene rings is 1. The molecule has 1 aromatic rings. The van der Waals surface area contributed by atoms with Crippen LogP contribution in [0.3, 0.4) is 0 Å². The fourth-order valence-corrected chi connectivity index (χ4v) is 1.68. The Labute approximate surface area is 114 Å². The lowest BCUT2D eigenvalue weighted by Gasteiger charge is -2.18. The summed E-state index contributed by atoms with van der Waals surface area (Å²) in [6.45, 7) is 7.57. The van der Waals surface area contributed by atoms with Gasteiger partial charge in [0.05, 0.1) is 12.7 Å². The second-order valence-electron chi connectivity index (χ2n) is 5.27. The Morgan fingerprint density at radius 3 is 2.37 bits per heavy atom. The maximum Gasteiger partial charge on any atom is 0.123 e. The molecule has 0 aliphatic heterocycles. The fourth-order valence-electron chi connectivity index (χ4n) is 1.68. The van der Waals surface area contributed by atoms with Crippen LogP contribution in [0.5, 0.6) is 0 Å². The Kier molecular flexibility index (Phi) is 6.99. The average molecular weight is 269 g/mol. The summed E-state index contributed by atoms with van der Waals surface area (Å²) in [5, 5.41) is 13.0. The molecular formula is C15H24FNO2. The lowest BCUT2D eigenvalue weighted by atomic mass is 10.1. The third kappa shape index (κ3) is 6.66. The number of aliphatic hydroxyl groups is 1. The van der Waals surface area contributed by atoms with Crippen molar-refractivity contribution in [1.82, 2.24) is 5.32 Å². The van der Waals surface area contributed by atoms with E-state index in [1.807, 2.05) is 6.92 Å². The van der Waals surface area contributed by atoms with Gasteiger partial charge in [0.2, 0.25) is 0 Å². The van der Waals surface area contributed by atoms with Crippen molar-refractivity contribution in [3.05, 3.63) is 35.6 Å². The Balaban J connectivity index is 2.25. The van der Waals surface area contributed by atoms with Crippen LogP contribution in [0.2, 0.25) is 0 Å². The van der Waals surface area contributed by atoms with E-state index < -0.39 is 6.10 Å². The summed E-state index contributed by atoms with van der Waals surface area (Å²) in [6, 6.07) is 6.44. The monoisotopic (exact) mass is 269 g/mol. The van der Waals surface area contributed by atoms with E-state index in [-0.39, 0.29) is 11.9 Å². The van der Waals surface area contributed by atoms with E-state index in [9.17, 15) is 9.50 Å². The number of ether oxygens (including phenoxy) is 1. The molecule has 0 saturated carbocycles. The first kappa shape index (κ1) is 16.1. The van der Waals surface area contributed by atoms with Crippen LogP contribution in [-0.2, 0) is 4.74 Å². The van der Waals surface area contributed by atoms with E-state index in [0.29, 0.717) is 25.7 Å². The van der Waals surface area contributed by atoms with Gasteiger partial charge < -0.3 is 15.2 Å². The highest BCUT2D eigenvalue weighted by molar-refractivity contribution is 5.19. The number of halogens is 1. The zero-order valence-electron chi connectivity index (χ0n) is 11.9. The molecule has 1 aromatic carbocycles. The molecule has 4 heteroatoms. The highest BCUT2D eigenvalue weighted by Crippen LogP contribution is 2.12. The molecule has 2 N–H and O–H groups in total. The third-order valence-electron chi connectivity index (χ3n) is 2.79. The Bertz CT molecular complexity index is 354. The second kappa shape index (κ2) is 8.25. The molecule has 0 aliphatic rings. The van der Waals surface area contributed by atoms with Gasteiger partial charge in [-0.3, -0.25) is 0 Å². The second-order valence-corrected chi connectivity index (χ2v) is 5.27. The van der Waals surface area contributed by atoms with Crippen molar-refractivity contribution in [3.8, 4) is 0 Å². The largest absolute Gasteiger partial charge is 0.389 e. The highest BCUT2D eigenvalue weighted by atomic mass is 19.1. The van der Waals surface area contributed by atoms with Crippen LogP contribution in [0.25, 0.3) is 0 Å². The first-order valence-corrected chi connectivity index (χ1v) is 6.73. The molecule has 19 heavy (non-hydrogen) atoms. The summed E-state index contributed by atoms with van der Waals surface area (Å²) < 4.78 is 18.2. The van der Waals surface area contributed by atoms with Crippen molar-refractivity contribution < 1.29 is 14.2 Å². The molecule has 0 bridgehead atoms. The summed E-state index contributed by atoms with van der Waals surface area (Å²) in [4.78, 5) is 0. The normalized spacial score (nSPS) is 14.6. The van der Waals surface area contributed by atoms with E-state index in [1.165, 1.54) is 12.1 Å². The van der Waals surface area contributed by atoms with Crippen molar-refractivity contribution >= 4 is 0 Å². The van der Waals surface area contributed by atoms with E-state index in [0.717, 1.165) is 5.56 Å². The molecule has 0 heterocycles. The van der Waals surface area contributed by atoms with Crippen molar-refractivity contribution in [2.45, 2.75) is 32.9 Å². The maximum absolute atomic E-state index is 12.8. The number of aliphatic hydroxyl groups excluding tert-OH is 1. The smallest absolute Gasteiger partial charge is 0.123 e. The van der Waals surface area contributed by atoms with E-state index in [4.69, 9.17) is 4.74 Å². The molecule has 1 unspecified atom stereocenters. The van der Waals surface area contributed by atoms with Gasteiger partial charge in [-0.25, -0.2) is 4.39 Å².